The lowest BCUT2D eigenvalue weighted by atomic mass is 9.99. The monoisotopic (exact) mass is 525 g/mol. The molecule has 3 heterocycles. The Bertz CT molecular complexity index is 1240. The largest absolute Gasteiger partial charge is 0.406 e. The fourth-order valence-electron chi connectivity index (χ4n) is 3.83. The molecule has 12 heteroatoms. The molecule has 1 aliphatic heterocycles. The van der Waals surface area contributed by atoms with Gasteiger partial charge in [0.15, 0.2) is 5.67 Å². The lowest BCUT2D eigenvalue weighted by molar-refractivity contribution is -0.118. The summed E-state index contributed by atoms with van der Waals surface area (Å²) in [6, 6.07) is 8.97. The number of nitrogens with zero attached hydrogens (tertiary/aromatic N) is 4. The SMILES string of the molecule is Cc1ccc(N(CC(F)(F)F)c2ccc(-n3ncc(NC[C@@]4(F)CCCOC4)c(Cl)c3=O)cc2)nc1. The van der Waals surface area contributed by atoms with Crippen molar-refractivity contribution in [2.24, 2.45) is 0 Å². The zero-order chi connectivity index (χ0) is 25.9. The summed E-state index contributed by atoms with van der Waals surface area (Å²) in [4.78, 5) is 18.0. The van der Waals surface area contributed by atoms with Crippen LogP contribution in [0.2, 0.25) is 5.02 Å². The number of rotatable bonds is 7. The van der Waals surface area contributed by atoms with Gasteiger partial charge in [-0.15, -0.1) is 0 Å². The highest BCUT2D eigenvalue weighted by molar-refractivity contribution is 6.32. The first-order valence-electron chi connectivity index (χ1n) is 11.2. The average molecular weight is 526 g/mol. The van der Waals surface area contributed by atoms with E-state index in [2.05, 4.69) is 15.4 Å². The van der Waals surface area contributed by atoms with Crippen LogP contribution < -0.4 is 15.8 Å². The first-order chi connectivity index (χ1) is 17.0. The topological polar surface area (TPSA) is 72.3 Å². The minimum absolute atomic E-state index is 0.0437. The van der Waals surface area contributed by atoms with E-state index in [1.807, 2.05) is 0 Å². The van der Waals surface area contributed by atoms with Gasteiger partial charge in [0.25, 0.3) is 5.56 Å². The number of pyridine rings is 1. The Morgan fingerprint density at radius 1 is 1.19 bits per heavy atom. The molecule has 2 aromatic heterocycles. The highest BCUT2D eigenvalue weighted by atomic mass is 35.5. The number of ether oxygens (including phenoxy) is 1. The number of hydrogen-bond acceptors (Lipinski definition) is 6. The molecule has 1 aliphatic rings. The first-order valence-corrected chi connectivity index (χ1v) is 11.6. The molecular weight excluding hydrogens is 502 g/mol. The molecule has 1 atom stereocenters. The number of alkyl halides is 4. The Morgan fingerprint density at radius 3 is 2.56 bits per heavy atom. The number of halogens is 5. The molecule has 1 fully saturated rings. The van der Waals surface area contributed by atoms with Gasteiger partial charge in [-0.1, -0.05) is 17.7 Å². The predicted molar refractivity (Wildman–Crippen MR) is 129 cm³/mol. The van der Waals surface area contributed by atoms with Crippen molar-refractivity contribution in [3.63, 3.8) is 0 Å². The molecule has 0 aliphatic carbocycles. The van der Waals surface area contributed by atoms with E-state index in [9.17, 15) is 22.4 Å². The predicted octanol–water partition coefficient (Wildman–Crippen LogP) is 5.22. The first kappa shape index (κ1) is 25.9. The average Bonchev–Trinajstić information content (AvgIpc) is 2.84. The van der Waals surface area contributed by atoms with Crippen molar-refractivity contribution in [3.8, 4) is 5.69 Å². The van der Waals surface area contributed by atoms with Crippen molar-refractivity contribution in [1.29, 1.82) is 0 Å². The number of anilines is 3. The Hall–Kier alpha value is -3.18. The van der Waals surface area contributed by atoms with E-state index < -0.39 is 23.9 Å². The summed E-state index contributed by atoms with van der Waals surface area (Å²) in [5.41, 5.74) is -0.707. The number of aryl methyl sites for hydroxylation is 1. The molecule has 1 aromatic carbocycles. The van der Waals surface area contributed by atoms with Crippen LogP contribution in [0.3, 0.4) is 0 Å². The van der Waals surface area contributed by atoms with Crippen LogP contribution in [-0.4, -0.2) is 52.9 Å². The maximum atomic E-state index is 14.8. The molecule has 1 N–H and O–H groups in total. The standard InChI is InChI=1S/C24H24ClF4N5O2/c1-16-3-8-20(30-11-16)33(14-24(27,28)29)17-4-6-18(7-5-17)34-22(35)21(25)19(12-32-34)31-13-23(26)9-2-10-36-15-23/h3-8,11-12,31H,2,9-10,13-15H2,1H3/t23-/m0/s1. The molecule has 0 spiro atoms. The molecule has 7 nitrogen and oxygen atoms in total. The maximum absolute atomic E-state index is 14.8. The van der Waals surface area contributed by atoms with Crippen LogP contribution in [0.1, 0.15) is 18.4 Å². The summed E-state index contributed by atoms with van der Waals surface area (Å²) < 4.78 is 60.8. The van der Waals surface area contributed by atoms with E-state index in [1.165, 1.54) is 42.7 Å². The van der Waals surface area contributed by atoms with Crippen molar-refractivity contribution in [2.75, 3.05) is 36.5 Å². The molecule has 1 saturated heterocycles. The van der Waals surface area contributed by atoms with E-state index in [1.54, 1.807) is 13.0 Å². The smallest absolute Gasteiger partial charge is 0.379 e. The lowest BCUT2D eigenvalue weighted by Crippen LogP contribution is -2.40. The van der Waals surface area contributed by atoms with Crippen molar-refractivity contribution in [1.82, 2.24) is 14.8 Å². The van der Waals surface area contributed by atoms with Crippen LogP contribution >= 0.6 is 11.6 Å². The van der Waals surface area contributed by atoms with Gasteiger partial charge in [0.05, 0.1) is 30.7 Å². The Morgan fingerprint density at radius 2 is 1.94 bits per heavy atom. The van der Waals surface area contributed by atoms with E-state index in [-0.39, 0.29) is 35.4 Å². The summed E-state index contributed by atoms with van der Waals surface area (Å²) >= 11 is 6.23. The number of aromatic nitrogens is 3. The van der Waals surface area contributed by atoms with Gasteiger partial charge in [0.1, 0.15) is 17.4 Å². The third kappa shape index (κ3) is 6.14. The minimum atomic E-state index is -4.47. The quantitative estimate of drug-likeness (QED) is 0.426. The highest BCUT2D eigenvalue weighted by Gasteiger charge is 2.33. The molecule has 0 saturated carbocycles. The van der Waals surface area contributed by atoms with Crippen LogP contribution in [0.4, 0.5) is 34.8 Å². The summed E-state index contributed by atoms with van der Waals surface area (Å²) in [7, 11) is 0. The van der Waals surface area contributed by atoms with Crippen LogP contribution in [0.25, 0.3) is 5.69 Å². The van der Waals surface area contributed by atoms with Gasteiger partial charge < -0.3 is 15.0 Å². The molecule has 3 aromatic rings. The van der Waals surface area contributed by atoms with E-state index >= 15 is 0 Å². The van der Waals surface area contributed by atoms with Crippen molar-refractivity contribution in [2.45, 2.75) is 31.6 Å². The van der Waals surface area contributed by atoms with Crippen LogP contribution in [0, 0.1) is 6.92 Å². The van der Waals surface area contributed by atoms with Gasteiger partial charge in [-0.25, -0.2) is 9.37 Å². The van der Waals surface area contributed by atoms with E-state index in [4.69, 9.17) is 16.3 Å². The van der Waals surface area contributed by atoms with Crippen LogP contribution in [0.5, 0.6) is 0 Å². The highest BCUT2D eigenvalue weighted by Crippen LogP contribution is 2.30. The molecule has 0 amide bonds. The van der Waals surface area contributed by atoms with Crippen LogP contribution in [0.15, 0.2) is 53.6 Å². The van der Waals surface area contributed by atoms with Gasteiger partial charge in [0.2, 0.25) is 0 Å². The fourth-order valence-corrected chi connectivity index (χ4v) is 4.02. The zero-order valence-corrected chi connectivity index (χ0v) is 20.1. The van der Waals surface area contributed by atoms with Crippen molar-refractivity contribution < 1.29 is 22.3 Å². The molecule has 4 rings (SSSR count). The molecular formula is C24H24ClF4N5O2. The van der Waals surface area contributed by atoms with E-state index in [0.717, 1.165) is 15.1 Å². The minimum Gasteiger partial charge on any atom is -0.379 e. The summed E-state index contributed by atoms with van der Waals surface area (Å²) in [5.74, 6) is 0.133. The number of nitrogens with one attached hydrogen (secondary N) is 1. The maximum Gasteiger partial charge on any atom is 0.406 e. The van der Waals surface area contributed by atoms with Gasteiger partial charge in [-0.3, -0.25) is 4.79 Å². The van der Waals surface area contributed by atoms with Crippen molar-refractivity contribution in [3.05, 3.63) is 69.7 Å². The number of hydrogen-bond donors (Lipinski definition) is 1. The summed E-state index contributed by atoms with van der Waals surface area (Å²) in [6.45, 7) is 0.926. The van der Waals surface area contributed by atoms with Crippen molar-refractivity contribution >= 4 is 28.8 Å². The molecule has 192 valence electrons. The Labute approximate surface area is 209 Å². The molecule has 0 unspecified atom stereocenters. The summed E-state index contributed by atoms with van der Waals surface area (Å²) in [6.07, 6.45) is -0.751. The van der Waals surface area contributed by atoms with Gasteiger partial charge in [0, 0.05) is 18.5 Å². The van der Waals surface area contributed by atoms with E-state index in [0.29, 0.717) is 25.1 Å². The Balaban J connectivity index is 1.56. The third-order valence-electron chi connectivity index (χ3n) is 5.70. The second-order valence-electron chi connectivity index (χ2n) is 8.66. The fraction of sp³-hybridized carbons (Fsp3) is 0.375. The normalized spacial score (nSPS) is 18.2. The third-order valence-corrected chi connectivity index (χ3v) is 6.07. The molecule has 36 heavy (non-hydrogen) atoms. The second kappa shape index (κ2) is 10.4. The molecule has 0 radical (unpaired) electrons. The lowest BCUT2D eigenvalue weighted by Gasteiger charge is -2.29. The second-order valence-corrected chi connectivity index (χ2v) is 9.04. The molecule has 0 bridgehead atoms. The Kier molecular flexibility index (Phi) is 7.51. The summed E-state index contributed by atoms with van der Waals surface area (Å²) in [5, 5.41) is 6.74. The van der Waals surface area contributed by atoms with Crippen LogP contribution in [-0.2, 0) is 4.74 Å². The van der Waals surface area contributed by atoms with Gasteiger partial charge >= 0.3 is 6.18 Å². The number of benzene rings is 1. The van der Waals surface area contributed by atoms with Gasteiger partial charge in [-0.05, 0) is 55.7 Å². The zero-order valence-electron chi connectivity index (χ0n) is 19.4. The van der Waals surface area contributed by atoms with Gasteiger partial charge in [-0.2, -0.15) is 23.0 Å².